The van der Waals surface area contributed by atoms with Crippen molar-refractivity contribution in [1.82, 2.24) is 0 Å². The molecule has 0 spiro atoms. The van der Waals surface area contributed by atoms with Gasteiger partial charge in [0.25, 0.3) is 0 Å². The standard InChI is InChI=1S/C10H15NO/c1-7-4-8(2)10(12,5-7)6-9(3)11/h4,12H,2-3,5-6,11H2,1H3. The molecule has 0 aromatic heterocycles. The van der Waals surface area contributed by atoms with E-state index in [9.17, 15) is 5.11 Å². The van der Waals surface area contributed by atoms with E-state index in [1.54, 1.807) is 0 Å². The van der Waals surface area contributed by atoms with E-state index < -0.39 is 5.60 Å². The van der Waals surface area contributed by atoms with Crippen LogP contribution in [0.1, 0.15) is 19.8 Å². The lowest BCUT2D eigenvalue weighted by Gasteiger charge is -2.24. The maximum atomic E-state index is 10.0. The maximum absolute atomic E-state index is 10.0. The fourth-order valence-electron chi connectivity index (χ4n) is 1.61. The highest BCUT2D eigenvalue weighted by molar-refractivity contribution is 5.38. The Morgan fingerprint density at radius 2 is 2.42 bits per heavy atom. The van der Waals surface area contributed by atoms with Gasteiger partial charge in [-0.2, -0.15) is 0 Å². The summed E-state index contributed by atoms with van der Waals surface area (Å²) in [7, 11) is 0. The van der Waals surface area contributed by atoms with E-state index in [-0.39, 0.29) is 0 Å². The minimum atomic E-state index is -0.865. The van der Waals surface area contributed by atoms with E-state index in [0.29, 0.717) is 18.5 Å². The Labute approximate surface area is 73.1 Å². The van der Waals surface area contributed by atoms with Crippen molar-refractivity contribution in [2.45, 2.75) is 25.4 Å². The van der Waals surface area contributed by atoms with Crippen molar-refractivity contribution in [1.29, 1.82) is 0 Å². The number of hydrogen-bond donors (Lipinski definition) is 2. The van der Waals surface area contributed by atoms with Gasteiger partial charge in [-0.05, 0) is 12.5 Å². The van der Waals surface area contributed by atoms with E-state index in [1.165, 1.54) is 0 Å². The lowest BCUT2D eigenvalue weighted by atomic mass is 9.91. The molecule has 66 valence electrons. The summed E-state index contributed by atoms with van der Waals surface area (Å²) in [6.45, 7) is 9.34. The first-order valence-electron chi connectivity index (χ1n) is 3.96. The van der Waals surface area contributed by atoms with Gasteiger partial charge in [0, 0.05) is 18.5 Å². The first-order chi connectivity index (χ1) is 5.44. The van der Waals surface area contributed by atoms with Gasteiger partial charge in [0.05, 0.1) is 5.60 Å². The van der Waals surface area contributed by atoms with Crippen LogP contribution in [0.15, 0.2) is 36.1 Å². The van der Waals surface area contributed by atoms with E-state index in [0.717, 1.165) is 11.1 Å². The highest BCUT2D eigenvalue weighted by atomic mass is 16.3. The van der Waals surface area contributed by atoms with E-state index >= 15 is 0 Å². The van der Waals surface area contributed by atoms with Crippen molar-refractivity contribution < 1.29 is 5.11 Å². The second kappa shape index (κ2) is 2.79. The molecule has 1 atom stereocenters. The Morgan fingerprint density at radius 3 is 2.75 bits per heavy atom. The van der Waals surface area contributed by atoms with Crippen LogP contribution in [-0.4, -0.2) is 10.7 Å². The number of hydrogen-bond acceptors (Lipinski definition) is 2. The Morgan fingerprint density at radius 1 is 1.83 bits per heavy atom. The van der Waals surface area contributed by atoms with Gasteiger partial charge in [-0.1, -0.05) is 24.8 Å². The van der Waals surface area contributed by atoms with Crippen LogP contribution >= 0.6 is 0 Å². The van der Waals surface area contributed by atoms with Gasteiger partial charge < -0.3 is 10.8 Å². The zero-order valence-electron chi connectivity index (χ0n) is 7.43. The monoisotopic (exact) mass is 165 g/mol. The predicted octanol–water partition coefficient (Wildman–Crippen LogP) is 1.49. The average Bonchev–Trinajstić information content (AvgIpc) is 2.04. The molecule has 12 heavy (non-hydrogen) atoms. The molecule has 3 N–H and O–H groups in total. The number of nitrogens with two attached hydrogens (primary N) is 1. The summed E-state index contributed by atoms with van der Waals surface area (Å²) in [4.78, 5) is 0. The highest BCUT2D eigenvalue weighted by Crippen LogP contribution is 2.36. The molecule has 1 rings (SSSR count). The third-order valence-corrected chi connectivity index (χ3v) is 2.11. The molecule has 0 saturated carbocycles. The lowest BCUT2D eigenvalue weighted by Crippen LogP contribution is -2.28. The minimum absolute atomic E-state index is 0.402. The van der Waals surface area contributed by atoms with Gasteiger partial charge in [-0.25, -0.2) is 0 Å². The summed E-state index contributed by atoms with van der Waals surface area (Å²) in [5.41, 5.74) is 6.97. The van der Waals surface area contributed by atoms with Crippen molar-refractivity contribution in [3.63, 3.8) is 0 Å². The topological polar surface area (TPSA) is 46.2 Å². The molecule has 0 aliphatic heterocycles. The van der Waals surface area contributed by atoms with Crippen LogP contribution in [0.4, 0.5) is 0 Å². The van der Waals surface area contributed by atoms with Crippen LogP contribution in [-0.2, 0) is 0 Å². The van der Waals surface area contributed by atoms with Gasteiger partial charge in [0.15, 0.2) is 0 Å². The van der Waals surface area contributed by atoms with Crippen LogP contribution in [0.2, 0.25) is 0 Å². The lowest BCUT2D eigenvalue weighted by molar-refractivity contribution is 0.0894. The van der Waals surface area contributed by atoms with Crippen molar-refractivity contribution in [2.24, 2.45) is 5.73 Å². The van der Waals surface area contributed by atoms with Crippen LogP contribution in [0, 0.1) is 0 Å². The molecule has 0 fully saturated rings. The summed E-state index contributed by atoms with van der Waals surface area (Å²) in [5.74, 6) is 0. The first kappa shape index (κ1) is 9.07. The number of aliphatic hydroxyl groups is 1. The zero-order chi connectivity index (χ0) is 9.35. The van der Waals surface area contributed by atoms with Gasteiger partial charge >= 0.3 is 0 Å². The molecule has 2 heteroatoms. The molecule has 1 aliphatic rings. The summed E-state index contributed by atoms with van der Waals surface area (Å²) in [6.07, 6.45) is 2.94. The Hall–Kier alpha value is -1.02. The molecular formula is C10H15NO. The summed E-state index contributed by atoms with van der Waals surface area (Å²) < 4.78 is 0. The van der Waals surface area contributed by atoms with E-state index in [1.807, 2.05) is 13.0 Å². The quantitative estimate of drug-likeness (QED) is 0.651. The smallest absolute Gasteiger partial charge is 0.0981 e. The molecule has 1 unspecified atom stereocenters. The zero-order valence-corrected chi connectivity index (χ0v) is 7.43. The Bertz CT molecular complexity index is 265. The minimum Gasteiger partial charge on any atom is -0.402 e. The van der Waals surface area contributed by atoms with Crippen LogP contribution in [0.25, 0.3) is 0 Å². The largest absolute Gasteiger partial charge is 0.402 e. The molecule has 0 radical (unpaired) electrons. The molecule has 0 amide bonds. The van der Waals surface area contributed by atoms with Gasteiger partial charge in [-0.3, -0.25) is 0 Å². The van der Waals surface area contributed by atoms with E-state index in [2.05, 4.69) is 13.2 Å². The molecule has 0 saturated heterocycles. The number of rotatable bonds is 2. The van der Waals surface area contributed by atoms with Gasteiger partial charge in [0.2, 0.25) is 0 Å². The fraction of sp³-hybridized carbons (Fsp3) is 0.400. The molecule has 0 aromatic rings. The molecule has 2 nitrogen and oxygen atoms in total. The molecule has 1 aliphatic carbocycles. The van der Waals surface area contributed by atoms with Crippen molar-refractivity contribution in [3.8, 4) is 0 Å². The van der Waals surface area contributed by atoms with Crippen molar-refractivity contribution >= 4 is 0 Å². The third kappa shape index (κ3) is 1.59. The summed E-state index contributed by atoms with van der Waals surface area (Å²) in [6, 6.07) is 0. The van der Waals surface area contributed by atoms with Crippen LogP contribution < -0.4 is 5.73 Å². The van der Waals surface area contributed by atoms with Crippen LogP contribution in [0.3, 0.4) is 0 Å². The molecule has 0 heterocycles. The normalized spacial score (nSPS) is 28.8. The van der Waals surface area contributed by atoms with E-state index in [4.69, 9.17) is 5.73 Å². The average molecular weight is 165 g/mol. The fourth-order valence-corrected chi connectivity index (χ4v) is 1.61. The highest BCUT2D eigenvalue weighted by Gasteiger charge is 2.34. The second-order valence-corrected chi connectivity index (χ2v) is 3.56. The van der Waals surface area contributed by atoms with Gasteiger partial charge in [0.1, 0.15) is 0 Å². The van der Waals surface area contributed by atoms with Gasteiger partial charge in [-0.15, -0.1) is 0 Å². The SMILES string of the molecule is C=C(N)CC1(O)CC(C)=CC1=C. The van der Waals surface area contributed by atoms with Crippen LogP contribution in [0.5, 0.6) is 0 Å². The summed E-state index contributed by atoms with van der Waals surface area (Å²) >= 11 is 0. The Kier molecular flexibility index (Phi) is 2.11. The predicted molar refractivity (Wildman–Crippen MR) is 50.4 cm³/mol. The Balaban J connectivity index is 2.76. The third-order valence-electron chi connectivity index (χ3n) is 2.11. The molecule has 0 bridgehead atoms. The molecular weight excluding hydrogens is 150 g/mol. The second-order valence-electron chi connectivity index (χ2n) is 3.56. The van der Waals surface area contributed by atoms with Crippen molar-refractivity contribution in [3.05, 3.63) is 36.1 Å². The van der Waals surface area contributed by atoms with Crippen molar-refractivity contribution in [2.75, 3.05) is 0 Å². The first-order valence-corrected chi connectivity index (χ1v) is 3.96. The molecule has 0 aromatic carbocycles. The maximum Gasteiger partial charge on any atom is 0.0981 e. The summed E-state index contributed by atoms with van der Waals surface area (Å²) in [5, 5.41) is 10.0.